The monoisotopic (exact) mass is 373 g/mol. The molecule has 2 N–H and O–H groups in total. The molecule has 2 aliphatic rings. The molecule has 9 heteroatoms. The van der Waals surface area contributed by atoms with Crippen molar-refractivity contribution in [2.45, 2.75) is 18.9 Å². The molecule has 8 nitrogen and oxygen atoms in total. The number of rotatable bonds is 2. The van der Waals surface area contributed by atoms with Crippen molar-refractivity contribution in [3.63, 3.8) is 0 Å². The molecule has 0 saturated carbocycles. The summed E-state index contributed by atoms with van der Waals surface area (Å²) in [5.74, 6) is -0.475. The fraction of sp³-hybridized carbons (Fsp3) is 0.412. The van der Waals surface area contributed by atoms with Crippen molar-refractivity contribution in [2.24, 2.45) is 0 Å². The first kappa shape index (κ1) is 16.8. The van der Waals surface area contributed by atoms with Crippen LogP contribution in [-0.2, 0) is 9.59 Å². The van der Waals surface area contributed by atoms with Crippen molar-refractivity contribution in [2.75, 3.05) is 31.1 Å². The second-order valence-corrected chi connectivity index (χ2v) is 7.40. The van der Waals surface area contributed by atoms with Gasteiger partial charge in [-0.25, -0.2) is 9.78 Å². The van der Waals surface area contributed by atoms with Gasteiger partial charge in [0.05, 0.1) is 10.2 Å². The number of urea groups is 1. The number of amides is 4. The molecule has 1 atom stereocenters. The van der Waals surface area contributed by atoms with E-state index in [0.29, 0.717) is 32.6 Å². The highest BCUT2D eigenvalue weighted by Gasteiger charge is 2.31. The zero-order valence-electron chi connectivity index (χ0n) is 14.1. The van der Waals surface area contributed by atoms with Gasteiger partial charge in [0.2, 0.25) is 11.8 Å². The molecule has 4 rings (SSSR count). The number of hydrogen-bond donors (Lipinski definition) is 2. The van der Waals surface area contributed by atoms with Crippen molar-refractivity contribution in [3.8, 4) is 0 Å². The molecule has 1 aromatic heterocycles. The highest BCUT2D eigenvalue weighted by atomic mass is 32.1. The number of hydrogen-bond acceptors (Lipinski definition) is 6. The maximum atomic E-state index is 12.7. The van der Waals surface area contributed by atoms with Gasteiger partial charge in [-0.1, -0.05) is 23.5 Å². The molecule has 0 aliphatic carbocycles. The summed E-state index contributed by atoms with van der Waals surface area (Å²) in [4.78, 5) is 44.3. The second-order valence-electron chi connectivity index (χ2n) is 6.39. The minimum absolute atomic E-state index is 0.126. The van der Waals surface area contributed by atoms with Crippen LogP contribution < -0.4 is 15.5 Å². The number of aromatic nitrogens is 1. The number of thiazole rings is 1. The fourth-order valence-electron chi connectivity index (χ4n) is 3.25. The Labute approximate surface area is 154 Å². The van der Waals surface area contributed by atoms with Gasteiger partial charge in [-0.3, -0.25) is 14.9 Å². The average molecular weight is 373 g/mol. The van der Waals surface area contributed by atoms with Crippen LogP contribution in [0.3, 0.4) is 0 Å². The number of nitrogens with zero attached hydrogens (tertiary/aromatic N) is 3. The minimum Gasteiger partial charge on any atom is -0.345 e. The molecule has 0 bridgehead atoms. The molecule has 2 aliphatic heterocycles. The van der Waals surface area contributed by atoms with E-state index in [1.807, 2.05) is 18.2 Å². The molecule has 1 aromatic carbocycles. The molecule has 2 saturated heterocycles. The zero-order valence-corrected chi connectivity index (χ0v) is 14.9. The number of para-hydroxylation sites is 1. The Hall–Kier alpha value is -2.68. The number of imide groups is 1. The molecule has 136 valence electrons. The van der Waals surface area contributed by atoms with Gasteiger partial charge >= 0.3 is 6.03 Å². The summed E-state index contributed by atoms with van der Waals surface area (Å²) in [5, 5.41) is 5.75. The van der Waals surface area contributed by atoms with E-state index in [1.54, 1.807) is 16.2 Å². The smallest absolute Gasteiger partial charge is 0.322 e. The van der Waals surface area contributed by atoms with Crippen molar-refractivity contribution >= 4 is 44.5 Å². The molecule has 26 heavy (non-hydrogen) atoms. The van der Waals surface area contributed by atoms with Crippen LogP contribution in [0.5, 0.6) is 0 Å². The van der Waals surface area contributed by atoms with E-state index in [2.05, 4.69) is 26.6 Å². The third-order valence-corrected chi connectivity index (χ3v) is 5.76. The lowest BCUT2D eigenvalue weighted by Gasteiger charge is -2.36. The minimum atomic E-state index is -0.643. The summed E-state index contributed by atoms with van der Waals surface area (Å²) in [6.45, 7) is 2.54. The molecule has 4 amide bonds. The quantitative estimate of drug-likeness (QED) is 0.817. The molecule has 2 aromatic rings. The summed E-state index contributed by atoms with van der Waals surface area (Å²) >= 11 is 1.65. The number of anilines is 1. The predicted molar refractivity (Wildman–Crippen MR) is 98.1 cm³/mol. The van der Waals surface area contributed by atoms with Gasteiger partial charge in [-0.2, -0.15) is 0 Å². The fourth-order valence-corrected chi connectivity index (χ4v) is 4.27. The van der Waals surface area contributed by atoms with Gasteiger partial charge in [0.15, 0.2) is 5.13 Å². The average Bonchev–Trinajstić information content (AvgIpc) is 3.01. The van der Waals surface area contributed by atoms with Gasteiger partial charge in [0.25, 0.3) is 0 Å². The van der Waals surface area contributed by atoms with Gasteiger partial charge in [0, 0.05) is 32.6 Å². The zero-order chi connectivity index (χ0) is 18.1. The van der Waals surface area contributed by atoms with Crippen LogP contribution in [0.4, 0.5) is 9.93 Å². The number of benzene rings is 1. The highest BCUT2D eigenvalue weighted by molar-refractivity contribution is 7.22. The first-order valence-corrected chi connectivity index (χ1v) is 9.41. The largest absolute Gasteiger partial charge is 0.345 e. The van der Waals surface area contributed by atoms with E-state index in [1.165, 1.54) is 0 Å². The first-order valence-electron chi connectivity index (χ1n) is 8.60. The lowest BCUT2D eigenvalue weighted by molar-refractivity contribution is -0.133. The molecule has 0 radical (unpaired) electrons. The first-order chi connectivity index (χ1) is 12.6. The summed E-state index contributed by atoms with van der Waals surface area (Å²) in [7, 11) is 0. The maximum absolute atomic E-state index is 12.7. The van der Waals surface area contributed by atoms with Gasteiger partial charge in [-0.05, 0) is 18.6 Å². The van der Waals surface area contributed by atoms with E-state index in [-0.39, 0.29) is 18.2 Å². The van der Waals surface area contributed by atoms with E-state index in [0.717, 1.165) is 15.3 Å². The predicted octanol–water partition coefficient (Wildman–Crippen LogP) is 0.933. The lowest BCUT2D eigenvalue weighted by Crippen LogP contribution is -2.55. The van der Waals surface area contributed by atoms with Crippen LogP contribution in [0.2, 0.25) is 0 Å². The Balaban J connectivity index is 1.39. The van der Waals surface area contributed by atoms with Crippen LogP contribution >= 0.6 is 11.3 Å². The van der Waals surface area contributed by atoms with Crippen LogP contribution in [0.15, 0.2) is 24.3 Å². The number of fused-ring (bicyclic) bond motifs is 1. The van der Waals surface area contributed by atoms with Gasteiger partial charge in [0.1, 0.15) is 6.04 Å². The normalized spacial score (nSPS) is 21.3. The van der Waals surface area contributed by atoms with Crippen LogP contribution in [0, 0.1) is 0 Å². The molecule has 0 unspecified atom stereocenters. The van der Waals surface area contributed by atoms with Crippen molar-refractivity contribution < 1.29 is 14.4 Å². The summed E-state index contributed by atoms with van der Waals surface area (Å²) < 4.78 is 1.15. The van der Waals surface area contributed by atoms with Crippen LogP contribution in [0.1, 0.15) is 12.8 Å². The third kappa shape index (κ3) is 3.34. The maximum Gasteiger partial charge on any atom is 0.322 e. The van der Waals surface area contributed by atoms with Gasteiger partial charge in [-0.15, -0.1) is 0 Å². The van der Waals surface area contributed by atoms with Crippen LogP contribution in [-0.4, -0.2) is 60.0 Å². The SMILES string of the molecule is O=C1CC[C@@H](C(=O)N2CCN(c3nc4ccccc4s3)CC2)NC(=O)N1. The van der Waals surface area contributed by atoms with Crippen molar-refractivity contribution in [3.05, 3.63) is 24.3 Å². The second kappa shape index (κ2) is 6.91. The van der Waals surface area contributed by atoms with Crippen molar-refractivity contribution in [1.29, 1.82) is 0 Å². The summed E-state index contributed by atoms with van der Waals surface area (Å²) in [6.07, 6.45) is 0.495. The summed E-state index contributed by atoms with van der Waals surface area (Å²) in [5.41, 5.74) is 0.990. The van der Waals surface area contributed by atoms with Crippen LogP contribution in [0.25, 0.3) is 10.2 Å². The topological polar surface area (TPSA) is 94.6 Å². The number of carbonyl (C=O) groups is 3. The standard InChI is InChI=1S/C17H19N5O3S/c23-14-6-5-12(18-16(25)20-14)15(24)21-7-9-22(10-8-21)17-19-11-3-1-2-4-13(11)26-17/h1-4,12H,5-10H2,(H2,18,20,23,25)/t12-/m0/s1. The van der Waals surface area contributed by atoms with Crippen molar-refractivity contribution in [1.82, 2.24) is 20.5 Å². The molecule has 3 heterocycles. The number of carbonyl (C=O) groups excluding carboxylic acids is 3. The molecular formula is C17H19N5O3S. The van der Waals surface area contributed by atoms with E-state index >= 15 is 0 Å². The number of nitrogens with one attached hydrogen (secondary N) is 2. The molecule has 0 spiro atoms. The van der Waals surface area contributed by atoms with E-state index < -0.39 is 12.1 Å². The van der Waals surface area contributed by atoms with E-state index in [4.69, 9.17) is 0 Å². The van der Waals surface area contributed by atoms with E-state index in [9.17, 15) is 14.4 Å². The van der Waals surface area contributed by atoms with Gasteiger partial charge < -0.3 is 15.1 Å². The highest BCUT2D eigenvalue weighted by Crippen LogP contribution is 2.29. The Morgan fingerprint density at radius 1 is 1.15 bits per heavy atom. The lowest BCUT2D eigenvalue weighted by atomic mass is 10.1. The Morgan fingerprint density at radius 2 is 1.92 bits per heavy atom. The summed E-state index contributed by atoms with van der Waals surface area (Å²) in [6, 6.07) is 6.79. The third-order valence-electron chi connectivity index (χ3n) is 4.66. The molecule has 2 fully saturated rings. The number of piperazine rings is 1. The Morgan fingerprint density at radius 3 is 2.69 bits per heavy atom. The Kier molecular flexibility index (Phi) is 4.46. The Bertz CT molecular complexity index is 826. The molecular weight excluding hydrogens is 354 g/mol.